The zero-order valence-electron chi connectivity index (χ0n) is 13.4. The molecule has 23 heavy (non-hydrogen) atoms. The molecule has 2 N–H and O–H groups in total. The van der Waals surface area contributed by atoms with Crippen molar-refractivity contribution in [3.63, 3.8) is 0 Å². The predicted octanol–water partition coefficient (Wildman–Crippen LogP) is 2.34. The van der Waals surface area contributed by atoms with Gasteiger partial charge in [-0.05, 0) is 20.4 Å². The second kappa shape index (κ2) is 8.30. The average molecular weight is 337 g/mol. The van der Waals surface area contributed by atoms with Gasteiger partial charge in [0, 0.05) is 12.6 Å². The van der Waals surface area contributed by atoms with Gasteiger partial charge < -0.3 is 14.9 Å². The van der Waals surface area contributed by atoms with Gasteiger partial charge in [-0.3, -0.25) is 9.69 Å². The van der Waals surface area contributed by atoms with Gasteiger partial charge in [-0.1, -0.05) is 24.9 Å². The highest BCUT2D eigenvalue weighted by Crippen LogP contribution is 2.22. The molecule has 0 radical (unpaired) electrons. The Labute approximate surface area is 132 Å². The number of aryl methyl sites for hydroxylation is 1. The zero-order valence-corrected chi connectivity index (χ0v) is 13.4. The van der Waals surface area contributed by atoms with Crippen molar-refractivity contribution in [2.45, 2.75) is 51.4 Å². The van der Waals surface area contributed by atoms with Crippen LogP contribution in [0.3, 0.4) is 0 Å². The normalized spacial score (nSPS) is 14.8. The van der Waals surface area contributed by atoms with Crippen LogP contribution in [-0.2, 0) is 4.79 Å². The summed E-state index contributed by atoms with van der Waals surface area (Å²) in [5, 5.41) is 15.3. The Balaban J connectivity index is 2.75. The van der Waals surface area contributed by atoms with E-state index in [0.717, 1.165) is 6.42 Å². The highest BCUT2D eigenvalue weighted by molar-refractivity contribution is 5.93. The van der Waals surface area contributed by atoms with Crippen LogP contribution in [-0.4, -0.2) is 53.0 Å². The minimum absolute atomic E-state index is 0.207. The van der Waals surface area contributed by atoms with Crippen LogP contribution in [0.2, 0.25) is 0 Å². The van der Waals surface area contributed by atoms with E-state index in [2.05, 4.69) is 10.5 Å². The van der Waals surface area contributed by atoms with E-state index in [9.17, 15) is 23.1 Å². The van der Waals surface area contributed by atoms with E-state index in [1.54, 1.807) is 6.92 Å². The highest BCUT2D eigenvalue weighted by atomic mass is 19.4. The van der Waals surface area contributed by atoms with Crippen molar-refractivity contribution >= 4 is 11.7 Å². The fraction of sp³-hybridized carbons (Fsp3) is 0.714. The number of aliphatic hydroxyl groups excluding tert-OH is 1. The number of nitrogens with one attached hydrogen (secondary N) is 1. The van der Waals surface area contributed by atoms with Crippen LogP contribution in [0.5, 0.6) is 0 Å². The zero-order chi connectivity index (χ0) is 17.6. The Hall–Kier alpha value is -1.61. The van der Waals surface area contributed by atoms with Crippen LogP contribution >= 0.6 is 0 Å². The number of alkyl halides is 3. The molecule has 9 heteroatoms. The molecule has 6 nitrogen and oxygen atoms in total. The lowest BCUT2D eigenvalue weighted by molar-refractivity contribution is -0.208. The molecule has 132 valence electrons. The number of amides is 1. The standard InChI is InChI=1S/C14H22F3N3O3/c1-4-5-6-10(20(3)8-11(21)14(15,16)17)13(22)18-12-7-9(2)23-19-12/h7,10-11,21H,4-6,8H2,1-3H3,(H,18,19,22). The quantitative estimate of drug-likeness (QED) is 0.761. The summed E-state index contributed by atoms with van der Waals surface area (Å²) < 4.78 is 42.3. The van der Waals surface area contributed by atoms with Gasteiger partial charge in [0.05, 0.1) is 6.04 Å². The molecule has 0 spiro atoms. The lowest BCUT2D eigenvalue weighted by Gasteiger charge is -2.29. The van der Waals surface area contributed by atoms with Crippen molar-refractivity contribution in [1.82, 2.24) is 10.1 Å². The molecule has 0 saturated heterocycles. The van der Waals surface area contributed by atoms with Crippen molar-refractivity contribution in [2.75, 3.05) is 18.9 Å². The van der Waals surface area contributed by atoms with Crippen molar-refractivity contribution in [1.29, 1.82) is 0 Å². The van der Waals surface area contributed by atoms with Gasteiger partial charge in [-0.25, -0.2) is 0 Å². The first-order valence-corrected chi connectivity index (χ1v) is 7.34. The first kappa shape index (κ1) is 19.4. The topological polar surface area (TPSA) is 78.6 Å². The predicted molar refractivity (Wildman–Crippen MR) is 77.9 cm³/mol. The van der Waals surface area contributed by atoms with E-state index in [-0.39, 0.29) is 5.82 Å². The second-order valence-corrected chi connectivity index (χ2v) is 5.47. The first-order valence-electron chi connectivity index (χ1n) is 7.34. The van der Waals surface area contributed by atoms with Gasteiger partial charge in [0.25, 0.3) is 0 Å². The van der Waals surface area contributed by atoms with Crippen LogP contribution in [0.15, 0.2) is 10.6 Å². The van der Waals surface area contributed by atoms with Gasteiger partial charge >= 0.3 is 6.18 Å². The van der Waals surface area contributed by atoms with Gasteiger partial charge in [0.15, 0.2) is 11.9 Å². The van der Waals surface area contributed by atoms with E-state index in [4.69, 9.17) is 4.52 Å². The molecule has 1 heterocycles. The molecule has 0 aromatic carbocycles. The summed E-state index contributed by atoms with van der Waals surface area (Å²) in [6, 6.07) is 0.711. The number of halogens is 3. The molecule has 0 aliphatic rings. The number of aliphatic hydroxyl groups is 1. The molecule has 2 atom stereocenters. The summed E-state index contributed by atoms with van der Waals surface area (Å²) in [6.07, 6.45) is -5.38. The average Bonchev–Trinajstić information content (AvgIpc) is 2.83. The summed E-state index contributed by atoms with van der Waals surface area (Å²) in [5.74, 6) is 0.230. The van der Waals surface area contributed by atoms with E-state index in [1.165, 1.54) is 18.0 Å². The lowest BCUT2D eigenvalue weighted by atomic mass is 10.1. The molecule has 0 aliphatic heterocycles. The summed E-state index contributed by atoms with van der Waals surface area (Å²) in [4.78, 5) is 13.5. The first-order chi connectivity index (χ1) is 10.6. The van der Waals surface area contributed by atoms with Crippen molar-refractivity contribution in [2.24, 2.45) is 0 Å². The number of carbonyl (C=O) groups is 1. The molecule has 1 aromatic heterocycles. The highest BCUT2D eigenvalue weighted by Gasteiger charge is 2.40. The van der Waals surface area contributed by atoms with Crippen molar-refractivity contribution < 1.29 is 27.6 Å². The molecular weight excluding hydrogens is 315 g/mol. The molecular formula is C14H22F3N3O3. The molecule has 2 unspecified atom stereocenters. The fourth-order valence-electron chi connectivity index (χ4n) is 2.09. The van der Waals surface area contributed by atoms with E-state index in [1.807, 2.05) is 6.92 Å². The third kappa shape index (κ3) is 6.19. The summed E-state index contributed by atoms with van der Waals surface area (Å²) in [7, 11) is 1.38. The van der Waals surface area contributed by atoms with Crippen molar-refractivity contribution in [3.05, 3.63) is 11.8 Å². The maximum absolute atomic E-state index is 12.5. The number of carbonyl (C=O) groups excluding carboxylic acids is 1. The number of hydrogen-bond acceptors (Lipinski definition) is 5. The number of aromatic nitrogens is 1. The Morgan fingerprint density at radius 2 is 2.17 bits per heavy atom. The maximum atomic E-state index is 12.5. The van der Waals surface area contributed by atoms with Crippen LogP contribution in [0, 0.1) is 6.92 Å². The molecule has 1 rings (SSSR count). The SMILES string of the molecule is CCCCC(C(=O)Nc1cc(C)on1)N(C)CC(O)C(F)(F)F. The maximum Gasteiger partial charge on any atom is 0.415 e. The van der Waals surface area contributed by atoms with Crippen LogP contribution in [0.25, 0.3) is 0 Å². The minimum atomic E-state index is -4.72. The van der Waals surface area contributed by atoms with Crippen LogP contribution < -0.4 is 5.32 Å². The van der Waals surface area contributed by atoms with Gasteiger partial charge in [-0.2, -0.15) is 13.2 Å². The smallest absolute Gasteiger partial charge is 0.382 e. The third-order valence-electron chi connectivity index (χ3n) is 3.38. The molecule has 0 fully saturated rings. The van der Waals surface area contributed by atoms with Crippen LogP contribution in [0.1, 0.15) is 31.9 Å². The largest absolute Gasteiger partial charge is 0.415 e. The summed E-state index contributed by atoms with van der Waals surface area (Å²) in [6.45, 7) is 2.90. The Kier molecular flexibility index (Phi) is 7.01. The Morgan fingerprint density at radius 3 is 2.65 bits per heavy atom. The van der Waals surface area contributed by atoms with E-state index >= 15 is 0 Å². The minimum Gasteiger partial charge on any atom is -0.382 e. The number of likely N-dealkylation sites (N-methyl/N-ethyl adjacent to an activating group) is 1. The van der Waals surface area contributed by atoms with E-state index < -0.39 is 30.8 Å². The number of unbranched alkanes of at least 4 members (excludes halogenated alkanes) is 1. The summed E-state index contributed by atoms with van der Waals surface area (Å²) >= 11 is 0. The second-order valence-electron chi connectivity index (χ2n) is 5.47. The fourth-order valence-corrected chi connectivity index (χ4v) is 2.09. The molecule has 0 bridgehead atoms. The lowest BCUT2D eigenvalue weighted by Crippen LogP contribution is -2.48. The van der Waals surface area contributed by atoms with Crippen molar-refractivity contribution in [3.8, 4) is 0 Å². The van der Waals surface area contributed by atoms with E-state index in [0.29, 0.717) is 18.6 Å². The van der Waals surface area contributed by atoms with Gasteiger partial charge in [0.2, 0.25) is 5.91 Å². The molecule has 0 saturated carbocycles. The molecule has 1 aromatic rings. The van der Waals surface area contributed by atoms with Gasteiger partial charge in [0.1, 0.15) is 5.76 Å². The summed E-state index contributed by atoms with van der Waals surface area (Å²) in [5.41, 5.74) is 0. The molecule has 1 amide bonds. The Morgan fingerprint density at radius 1 is 1.52 bits per heavy atom. The number of anilines is 1. The molecule has 0 aliphatic carbocycles. The number of nitrogens with zero attached hydrogens (tertiary/aromatic N) is 2. The number of hydrogen-bond donors (Lipinski definition) is 2. The van der Waals surface area contributed by atoms with Crippen LogP contribution in [0.4, 0.5) is 19.0 Å². The number of rotatable bonds is 8. The Bertz CT molecular complexity index is 505. The van der Waals surface area contributed by atoms with Gasteiger partial charge in [-0.15, -0.1) is 0 Å². The third-order valence-corrected chi connectivity index (χ3v) is 3.38. The monoisotopic (exact) mass is 337 g/mol.